The van der Waals surface area contributed by atoms with Gasteiger partial charge in [-0.3, -0.25) is 9.48 Å². The van der Waals surface area contributed by atoms with E-state index in [1.165, 1.54) is 5.56 Å². The SMILES string of the molecule is Cc1c(C(=O)N2CCC(CN)C2)cnn1Cc1ccccc1.Cl. The number of aromatic nitrogens is 2. The zero-order valence-electron chi connectivity index (χ0n) is 13.3. The Kier molecular flexibility index (Phi) is 5.80. The summed E-state index contributed by atoms with van der Waals surface area (Å²) in [5.74, 6) is 0.511. The number of carbonyl (C=O) groups excluding carboxylic acids is 1. The number of nitrogens with two attached hydrogens (primary N) is 1. The second-order valence-corrected chi connectivity index (χ2v) is 5.93. The second-order valence-electron chi connectivity index (χ2n) is 5.93. The van der Waals surface area contributed by atoms with Gasteiger partial charge in [-0.2, -0.15) is 5.10 Å². The lowest BCUT2D eigenvalue weighted by atomic mass is 10.1. The van der Waals surface area contributed by atoms with E-state index in [0.29, 0.717) is 24.6 Å². The topological polar surface area (TPSA) is 64.2 Å². The Morgan fingerprint density at radius 1 is 1.35 bits per heavy atom. The Bertz CT molecular complexity index is 656. The van der Waals surface area contributed by atoms with Crippen molar-refractivity contribution >= 4 is 18.3 Å². The third-order valence-electron chi connectivity index (χ3n) is 4.42. The molecule has 1 aliphatic rings. The summed E-state index contributed by atoms with van der Waals surface area (Å²) in [5.41, 5.74) is 8.50. The van der Waals surface area contributed by atoms with Crippen molar-refractivity contribution in [3.63, 3.8) is 0 Å². The lowest BCUT2D eigenvalue weighted by Gasteiger charge is -2.16. The van der Waals surface area contributed by atoms with Crippen molar-refractivity contribution < 1.29 is 4.79 Å². The molecule has 2 heterocycles. The van der Waals surface area contributed by atoms with Crippen LogP contribution in [0.5, 0.6) is 0 Å². The number of likely N-dealkylation sites (tertiary alicyclic amines) is 1. The Morgan fingerprint density at radius 3 is 2.74 bits per heavy atom. The summed E-state index contributed by atoms with van der Waals surface area (Å²) in [4.78, 5) is 14.5. The molecule has 1 amide bonds. The van der Waals surface area contributed by atoms with E-state index >= 15 is 0 Å². The molecule has 1 unspecified atom stereocenters. The summed E-state index contributed by atoms with van der Waals surface area (Å²) >= 11 is 0. The first-order valence-corrected chi connectivity index (χ1v) is 7.74. The van der Waals surface area contributed by atoms with Gasteiger partial charge < -0.3 is 10.6 Å². The van der Waals surface area contributed by atoms with Crippen LogP contribution in [0, 0.1) is 12.8 Å². The summed E-state index contributed by atoms with van der Waals surface area (Å²) in [6.45, 7) is 4.85. The molecule has 0 bridgehead atoms. The smallest absolute Gasteiger partial charge is 0.257 e. The molecule has 1 aromatic heterocycles. The lowest BCUT2D eigenvalue weighted by Crippen LogP contribution is -2.30. The van der Waals surface area contributed by atoms with Crippen molar-refractivity contribution in [2.75, 3.05) is 19.6 Å². The van der Waals surface area contributed by atoms with Gasteiger partial charge in [0, 0.05) is 18.8 Å². The van der Waals surface area contributed by atoms with Gasteiger partial charge in [-0.1, -0.05) is 30.3 Å². The van der Waals surface area contributed by atoms with E-state index in [1.807, 2.05) is 34.7 Å². The summed E-state index contributed by atoms with van der Waals surface area (Å²) in [6.07, 6.45) is 2.69. The number of hydrogen-bond acceptors (Lipinski definition) is 3. The normalized spacial score (nSPS) is 17.1. The molecule has 1 fully saturated rings. The van der Waals surface area contributed by atoms with Gasteiger partial charge in [0.25, 0.3) is 5.91 Å². The Labute approximate surface area is 142 Å². The second kappa shape index (κ2) is 7.62. The van der Waals surface area contributed by atoms with Crippen LogP contribution in [0.4, 0.5) is 0 Å². The van der Waals surface area contributed by atoms with Crippen molar-refractivity contribution in [3.05, 3.63) is 53.3 Å². The van der Waals surface area contributed by atoms with Gasteiger partial charge in [0.05, 0.1) is 18.3 Å². The molecule has 0 spiro atoms. The van der Waals surface area contributed by atoms with E-state index in [2.05, 4.69) is 17.2 Å². The van der Waals surface area contributed by atoms with Gasteiger partial charge >= 0.3 is 0 Å². The highest BCUT2D eigenvalue weighted by Crippen LogP contribution is 2.19. The van der Waals surface area contributed by atoms with Crippen LogP contribution < -0.4 is 5.73 Å². The van der Waals surface area contributed by atoms with Gasteiger partial charge in [0.2, 0.25) is 0 Å². The first-order valence-electron chi connectivity index (χ1n) is 7.74. The highest BCUT2D eigenvalue weighted by Gasteiger charge is 2.28. The van der Waals surface area contributed by atoms with Gasteiger partial charge in [-0.15, -0.1) is 12.4 Å². The Hall–Kier alpha value is -1.85. The maximum absolute atomic E-state index is 12.6. The molecule has 0 radical (unpaired) electrons. The van der Waals surface area contributed by atoms with E-state index in [4.69, 9.17) is 5.73 Å². The number of rotatable bonds is 4. The molecule has 23 heavy (non-hydrogen) atoms. The van der Waals surface area contributed by atoms with Crippen LogP contribution in [0.25, 0.3) is 0 Å². The summed E-state index contributed by atoms with van der Waals surface area (Å²) in [5, 5.41) is 4.39. The van der Waals surface area contributed by atoms with Crippen molar-refractivity contribution in [2.45, 2.75) is 19.9 Å². The molecule has 2 N–H and O–H groups in total. The molecule has 6 heteroatoms. The van der Waals surface area contributed by atoms with Crippen LogP contribution in [0.15, 0.2) is 36.5 Å². The van der Waals surface area contributed by atoms with Crippen molar-refractivity contribution in [1.29, 1.82) is 0 Å². The van der Waals surface area contributed by atoms with Crippen molar-refractivity contribution in [2.24, 2.45) is 11.7 Å². The van der Waals surface area contributed by atoms with Crippen LogP contribution in [-0.2, 0) is 6.54 Å². The summed E-state index contributed by atoms with van der Waals surface area (Å²) in [6, 6.07) is 10.1. The molecule has 1 aliphatic heterocycles. The van der Waals surface area contributed by atoms with Crippen LogP contribution in [0.2, 0.25) is 0 Å². The first-order chi connectivity index (χ1) is 10.7. The van der Waals surface area contributed by atoms with Crippen LogP contribution in [0.1, 0.15) is 28.0 Å². The predicted molar refractivity (Wildman–Crippen MR) is 92.8 cm³/mol. The highest BCUT2D eigenvalue weighted by atomic mass is 35.5. The number of carbonyl (C=O) groups is 1. The molecule has 0 saturated carbocycles. The molecule has 1 atom stereocenters. The monoisotopic (exact) mass is 334 g/mol. The molecule has 2 aromatic rings. The minimum absolute atomic E-state index is 0. The third-order valence-corrected chi connectivity index (χ3v) is 4.42. The fraction of sp³-hybridized carbons (Fsp3) is 0.412. The molecule has 1 saturated heterocycles. The average molecular weight is 335 g/mol. The van der Waals surface area contributed by atoms with Crippen LogP contribution >= 0.6 is 12.4 Å². The van der Waals surface area contributed by atoms with E-state index in [0.717, 1.165) is 25.2 Å². The molecular weight excluding hydrogens is 312 g/mol. The van der Waals surface area contributed by atoms with Crippen LogP contribution in [-0.4, -0.2) is 40.2 Å². The highest BCUT2D eigenvalue weighted by molar-refractivity contribution is 5.95. The van der Waals surface area contributed by atoms with Crippen LogP contribution in [0.3, 0.4) is 0 Å². The summed E-state index contributed by atoms with van der Waals surface area (Å²) < 4.78 is 1.89. The first kappa shape index (κ1) is 17.5. The summed E-state index contributed by atoms with van der Waals surface area (Å²) in [7, 11) is 0. The number of hydrogen-bond donors (Lipinski definition) is 1. The molecular formula is C17H23ClN4O. The number of halogens is 1. The van der Waals surface area contributed by atoms with Gasteiger partial charge in [-0.25, -0.2) is 0 Å². The third kappa shape index (κ3) is 3.74. The largest absolute Gasteiger partial charge is 0.338 e. The Balaban J connectivity index is 0.00000192. The van der Waals surface area contributed by atoms with Gasteiger partial charge in [-0.05, 0) is 31.4 Å². The van der Waals surface area contributed by atoms with E-state index < -0.39 is 0 Å². The number of amides is 1. The minimum atomic E-state index is 0. The molecule has 1 aromatic carbocycles. The maximum atomic E-state index is 12.6. The minimum Gasteiger partial charge on any atom is -0.338 e. The molecule has 5 nitrogen and oxygen atoms in total. The number of nitrogens with zero attached hydrogens (tertiary/aromatic N) is 3. The van der Waals surface area contributed by atoms with E-state index in [-0.39, 0.29) is 18.3 Å². The Morgan fingerprint density at radius 2 is 2.09 bits per heavy atom. The molecule has 0 aliphatic carbocycles. The van der Waals surface area contributed by atoms with Gasteiger partial charge in [0.1, 0.15) is 0 Å². The van der Waals surface area contributed by atoms with Crippen molar-refractivity contribution in [3.8, 4) is 0 Å². The molecule has 3 rings (SSSR count). The molecule has 124 valence electrons. The quantitative estimate of drug-likeness (QED) is 0.931. The van der Waals surface area contributed by atoms with E-state index in [1.54, 1.807) is 6.20 Å². The standard InChI is InChI=1S/C17H22N4O.ClH/c1-13-16(17(22)20-8-7-15(9-18)11-20)10-19-21(13)12-14-5-3-2-4-6-14;/h2-6,10,15H,7-9,11-12,18H2,1H3;1H. The lowest BCUT2D eigenvalue weighted by molar-refractivity contribution is 0.0787. The van der Waals surface area contributed by atoms with E-state index in [9.17, 15) is 4.79 Å². The zero-order chi connectivity index (χ0) is 15.5. The number of benzene rings is 1. The van der Waals surface area contributed by atoms with Gasteiger partial charge in [0.15, 0.2) is 0 Å². The fourth-order valence-electron chi connectivity index (χ4n) is 2.95. The predicted octanol–water partition coefficient (Wildman–Crippen LogP) is 2.08. The zero-order valence-corrected chi connectivity index (χ0v) is 14.1. The van der Waals surface area contributed by atoms with Crippen molar-refractivity contribution in [1.82, 2.24) is 14.7 Å². The maximum Gasteiger partial charge on any atom is 0.257 e. The fourth-order valence-corrected chi connectivity index (χ4v) is 2.95. The average Bonchev–Trinajstić information content (AvgIpc) is 3.16.